The number of anilines is 2. The summed E-state index contributed by atoms with van der Waals surface area (Å²) in [4.78, 5) is 10.5. The number of ether oxygens (including phenoxy) is 2. The largest absolute Gasteiger partial charge is 0.488 e. The van der Waals surface area contributed by atoms with Crippen molar-refractivity contribution < 1.29 is 13.9 Å². The molecule has 1 aliphatic heterocycles. The van der Waals surface area contributed by atoms with Gasteiger partial charge in [0.25, 0.3) is 0 Å². The molecule has 0 spiro atoms. The predicted molar refractivity (Wildman–Crippen MR) is 110 cm³/mol. The standard InChI is InChI=1S/C21H24FN5O2/c1-5-14-10-28-9-13(4)27(14)20-8-18(25-11-26-20)21(24)15-6-19(29-12(2)3)16(22)7-17(15)23/h1,6-8,11-14,24H,9-10,23H2,2-4H3. The van der Waals surface area contributed by atoms with Gasteiger partial charge < -0.3 is 20.1 Å². The molecule has 1 saturated heterocycles. The Labute approximate surface area is 169 Å². The van der Waals surface area contributed by atoms with E-state index in [4.69, 9.17) is 27.0 Å². The summed E-state index contributed by atoms with van der Waals surface area (Å²) in [6.07, 6.45) is 6.81. The third-order valence-corrected chi connectivity index (χ3v) is 4.55. The molecule has 2 atom stereocenters. The molecule has 152 valence electrons. The third kappa shape index (κ3) is 4.30. The number of aromatic nitrogens is 2. The molecule has 1 aromatic carbocycles. The zero-order valence-corrected chi connectivity index (χ0v) is 16.6. The summed E-state index contributed by atoms with van der Waals surface area (Å²) in [5, 5.41) is 8.59. The third-order valence-electron chi connectivity index (χ3n) is 4.55. The molecule has 1 aliphatic rings. The normalized spacial score (nSPS) is 19.1. The minimum Gasteiger partial charge on any atom is -0.488 e. The first-order valence-electron chi connectivity index (χ1n) is 9.31. The summed E-state index contributed by atoms with van der Waals surface area (Å²) in [5.41, 5.74) is 6.82. The lowest BCUT2D eigenvalue weighted by atomic mass is 10.0. The van der Waals surface area contributed by atoms with E-state index in [1.165, 1.54) is 12.4 Å². The Balaban J connectivity index is 1.97. The van der Waals surface area contributed by atoms with Crippen molar-refractivity contribution in [2.45, 2.75) is 39.0 Å². The van der Waals surface area contributed by atoms with E-state index in [0.717, 1.165) is 6.07 Å². The first-order chi connectivity index (χ1) is 13.8. The fourth-order valence-electron chi connectivity index (χ4n) is 3.22. The van der Waals surface area contributed by atoms with Crippen molar-refractivity contribution in [3.8, 4) is 18.1 Å². The van der Waals surface area contributed by atoms with Gasteiger partial charge >= 0.3 is 0 Å². The molecule has 1 aromatic heterocycles. The number of benzene rings is 1. The van der Waals surface area contributed by atoms with Gasteiger partial charge in [-0.1, -0.05) is 5.92 Å². The second kappa shape index (κ2) is 8.45. The Morgan fingerprint density at radius 1 is 1.38 bits per heavy atom. The summed E-state index contributed by atoms with van der Waals surface area (Å²) < 4.78 is 25.2. The van der Waals surface area contributed by atoms with Crippen molar-refractivity contribution >= 4 is 17.2 Å². The number of rotatable bonds is 5. The van der Waals surface area contributed by atoms with Crippen LogP contribution >= 0.6 is 0 Å². The lowest BCUT2D eigenvalue weighted by molar-refractivity contribution is 0.0840. The van der Waals surface area contributed by atoms with E-state index in [1.807, 2.05) is 11.8 Å². The summed E-state index contributed by atoms with van der Waals surface area (Å²) in [5.74, 6) is 2.77. The van der Waals surface area contributed by atoms with E-state index in [2.05, 4.69) is 15.9 Å². The molecule has 29 heavy (non-hydrogen) atoms. The molecule has 7 nitrogen and oxygen atoms in total. The van der Waals surface area contributed by atoms with E-state index in [-0.39, 0.29) is 35.3 Å². The average molecular weight is 397 g/mol. The highest BCUT2D eigenvalue weighted by atomic mass is 19.1. The van der Waals surface area contributed by atoms with Crippen LogP contribution in [-0.4, -0.2) is 47.1 Å². The van der Waals surface area contributed by atoms with E-state index in [9.17, 15) is 4.39 Å². The van der Waals surface area contributed by atoms with Crippen LogP contribution in [0.5, 0.6) is 5.75 Å². The molecule has 3 N–H and O–H groups in total. The van der Waals surface area contributed by atoms with Crippen LogP contribution in [0, 0.1) is 23.6 Å². The minimum absolute atomic E-state index is 0.0173. The lowest BCUT2D eigenvalue weighted by Crippen LogP contribution is -2.51. The number of nitrogens with two attached hydrogens (primary N) is 1. The summed E-state index contributed by atoms with van der Waals surface area (Å²) in [6, 6.07) is 4.01. The molecule has 3 rings (SSSR count). The number of nitrogens with one attached hydrogen (secondary N) is 1. The van der Waals surface area contributed by atoms with Crippen molar-refractivity contribution in [3.05, 3.63) is 41.6 Å². The highest BCUT2D eigenvalue weighted by Crippen LogP contribution is 2.28. The van der Waals surface area contributed by atoms with Crippen LogP contribution in [0.15, 0.2) is 24.5 Å². The van der Waals surface area contributed by atoms with Crippen molar-refractivity contribution in [2.24, 2.45) is 0 Å². The number of terminal acetylenes is 1. The zero-order valence-electron chi connectivity index (χ0n) is 16.6. The highest BCUT2D eigenvalue weighted by molar-refractivity contribution is 6.13. The minimum atomic E-state index is -0.574. The van der Waals surface area contributed by atoms with Gasteiger partial charge in [0, 0.05) is 23.4 Å². The number of morpholine rings is 1. The van der Waals surface area contributed by atoms with Crippen LogP contribution in [-0.2, 0) is 4.74 Å². The predicted octanol–water partition coefficient (Wildman–Crippen LogP) is 2.63. The average Bonchev–Trinajstić information content (AvgIpc) is 2.69. The van der Waals surface area contributed by atoms with Crippen LogP contribution < -0.4 is 15.4 Å². The molecule has 2 heterocycles. The van der Waals surface area contributed by atoms with Crippen LogP contribution in [0.2, 0.25) is 0 Å². The number of halogens is 1. The van der Waals surface area contributed by atoms with E-state index in [0.29, 0.717) is 30.3 Å². The number of hydrogen-bond acceptors (Lipinski definition) is 7. The van der Waals surface area contributed by atoms with Crippen LogP contribution in [0.3, 0.4) is 0 Å². The molecule has 0 radical (unpaired) electrons. The summed E-state index contributed by atoms with van der Waals surface area (Å²) >= 11 is 0. The van der Waals surface area contributed by atoms with Gasteiger partial charge in [0.2, 0.25) is 0 Å². The molecule has 1 fully saturated rings. The molecule has 0 aliphatic carbocycles. The fraction of sp³-hybridized carbons (Fsp3) is 0.381. The maximum Gasteiger partial charge on any atom is 0.167 e. The molecule has 2 aromatic rings. The molecule has 0 amide bonds. The second-order valence-electron chi connectivity index (χ2n) is 7.15. The first-order valence-corrected chi connectivity index (χ1v) is 9.31. The first kappa shape index (κ1) is 20.6. The fourth-order valence-corrected chi connectivity index (χ4v) is 3.22. The molecule has 8 heteroatoms. The summed E-state index contributed by atoms with van der Waals surface area (Å²) in [6.45, 7) is 6.50. The number of hydrogen-bond donors (Lipinski definition) is 2. The lowest BCUT2D eigenvalue weighted by Gasteiger charge is -2.38. The molecular formula is C21H24FN5O2. The topological polar surface area (TPSA) is 97.3 Å². The van der Waals surface area contributed by atoms with Crippen molar-refractivity contribution in [2.75, 3.05) is 23.8 Å². The van der Waals surface area contributed by atoms with Crippen LogP contribution in [0.25, 0.3) is 0 Å². The zero-order chi connectivity index (χ0) is 21.1. The molecular weight excluding hydrogens is 373 g/mol. The van der Waals surface area contributed by atoms with Gasteiger partial charge in [-0.2, -0.15) is 0 Å². The van der Waals surface area contributed by atoms with Gasteiger partial charge in [-0.05, 0) is 26.8 Å². The van der Waals surface area contributed by atoms with Gasteiger partial charge in [-0.3, -0.25) is 5.41 Å². The van der Waals surface area contributed by atoms with E-state index < -0.39 is 5.82 Å². The highest BCUT2D eigenvalue weighted by Gasteiger charge is 2.29. The molecule has 0 saturated carbocycles. The smallest absolute Gasteiger partial charge is 0.167 e. The molecule has 0 bridgehead atoms. The number of nitrogens with zero attached hydrogens (tertiary/aromatic N) is 3. The van der Waals surface area contributed by atoms with Crippen molar-refractivity contribution in [3.63, 3.8) is 0 Å². The quantitative estimate of drug-likeness (QED) is 0.457. The Bertz CT molecular complexity index is 957. The second-order valence-corrected chi connectivity index (χ2v) is 7.15. The Kier molecular flexibility index (Phi) is 5.99. The summed E-state index contributed by atoms with van der Waals surface area (Å²) in [7, 11) is 0. The maximum absolute atomic E-state index is 14.2. The van der Waals surface area contributed by atoms with E-state index >= 15 is 0 Å². The van der Waals surface area contributed by atoms with Crippen LogP contribution in [0.1, 0.15) is 32.0 Å². The monoisotopic (exact) mass is 397 g/mol. The van der Waals surface area contributed by atoms with Gasteiger partial charge in [-0.15, -0.1) is 6.42 Å². The Morgan fingerprint density at radius 2 is 2.14 bits per heavy atom. The van der Waals surface area contributed by atoms with Gasteiger partial charge in [0.15, 0.2) is 11.6 Å². The Hall–Kier alpha value is -3.18. The van der Waals surface area contributed by atoms with Gasteiger partial charge in [0.1, 0.15) is 18.2 Å². The van der Waals surface area contributed by atoms with Crippen molar-refractivity contribution in [1.29, 1.82) is 5.41 Å². The van der Waals surface area contributed by atoms with Gasteiger partial charge in [0.05, 0.1) is 36.8 Å². The van der Waals surface area contributed by atoms with Crippen molar-refractivity contribution in [1.82, 2.24) is 9.97 Å². The van der Waals surface area contributed by atoms with Crippen LogP contribution in [0.4, 0.5) is 15.9 Å². The van der Waals surface area contributed by atoms with Gasteiger partial charge in [-0.25, -0.2) is 14.4 Å². The SMILES string of the molecule is C#CC1COCC(C)N1c1cc(C(=N)c2cc(OC(C)C)c(F)cc2N)ncn1. The van der Waals surface area contributed by atoms with E-state index in [1.54, 1.807) is 19.9 Å². The number of nitrogen functional groups attached to an aromatic ring is 1. The Morgan fingerprint density at radius 3 is 2.83 bits per heavy atom. The maximum atomic E-state index is 14.2. The molecule has 2 unspecified atom stereocenters.